The van der Waals surface area contributed by atoms with E-state index in [0.717, 1.165) is 19.3 Å². The fraction of sp³-hybridized carbons (Fsp3) is 0.818. The number of hydrogen-bond acceptors (Lipinski definition) is 5. The second-order valence-electron chi connectivity index (χ2n) is 4.87. The summed E-state index contributed by atoms with van der Waals surface area (Å²) in [6, 6.07) is 0.0938. The first-order chi connectivity index (χ1) is 9.38. The molecular formula is C11H15F4N3O2. The van der Waals surface area contributed by atoms with Crippen LogP contribution in [0.4, 0.5) is 17.6 Å². The van der Waals surface area contributed by atoms with Crippen molar-refractivity contribution in [3.63, 3.8) is 0 Å². The molecule has 114 valence electrons. The maximum atomic E-state index is 12.6. The van der Waals surface area contributed by atoms with E-state index < -0.39 is 25.6 Å². The van der Waals surface area contributed by atoms with E-state index in [4.69, 9.17) is 10.3 Å². The zero-order valence-corrected chi connectivity index (χ0v) is 10.6. The van der Waals surface area contributed by atoms with Crippen LogP contribution in [0, 0.1) is 0 Å². The molecule has 0 amide bonds. The number of nitrogens with two attached hydrogens (primary N) is 1. The number of nitrogens with zero attached hydrogens (tertiary/aromatic N) is 2. The fourth-order valence-corrected chi connectivity index (χ4v) is 2.07. The van der Waals surface area contributed by atoms with Gasteiger partial charge in [-0.05, 0) is 19.3 Å². The van der Waals surface area contributed by atoms with Gasteiger partial charge in [0.25, 0.3) is 0 Å². The molecular weight excluding hydrogens is 282 g/mol. The van der Waals surface area contributed by atoms with Crippen molar-refractivity contribution in [1.29, 1.82) is 0 Å². The Balaban J connectivity index is 1.81. The summed E-state index contributed by atoms with van der Waals surface area (Å²) >= 11 is 0. The summed E-state index contributed by atoms with van der Waals surface area (Å²) in [6.45, 7) is -1.78. The average molecular weight is 297 g/mol. The zero-order valence-electron chi connectivity index (χ0n) is 10.6. The van der Waals surface area contributed by atoms with Crippen LogP contribution in [-0.4, -0.2) is 35.1 Å². The molecule has 0 bridgehead atoms. The van der Waals surface area contributed by atoms with Gasteiger partial charge < -0.3 is 15.0 Å². The fourth-order valence-electron chi connectivity index (χ4n) is 2.07. The van der Waals surface area contributed by atoms with Crippen molar-refractivity contribution in [1.82, 2.24) is 10.1 Å². The average Bonchev–Trinajstić information content (AvgIpc) is 2.97. The first kappa shape index (κ1) is 15.2. The Morgan fingerprint density at radius 1 is 1.40 bits per heavy atom. The molecule has 0 radical (unpaired) electrons. The lowest BCUT2D eigenvalue weighted by molar-refractivity contribution is -0.168. The normalized spacial score (nSPS) is 23.7. The van der Waals surface area contributed by atoms with Gasteiger partial charge in [0.15, 0.2) is 5.82 Å². The van der Waals surface area contributed by atoms with Crippen molar-refractivity contribution >= 4 is 0 Å². The Labute approximate surface area is 112 Å². The van der Waals surface area contributed by atoms with Crippen molar-refractivity contribution < 1.29 is 26.8 Å². The van der Waals surface area contributed by atoms with Gasteiger partial charge in [0, 0.05) is 12.0 Å². The second kappa shape index (κ2) is 6.04. The first-order valence-electron chi connectivity index (χ1n) is 6.20. The molecule has 5 nitrogen and oxygen atoms in total. The first-order valence-corrected chi connectivity index (χ1v) is 6.20. The molecule has 0 saturated heterocycles. The number of ether oxygens (including phenoxy) is 1. The Morgan fingerprint density at radius 2 is 2.15 bits per heavy atom. The van der Waals surface area contributed by atoms with Crippen LogP contribution in [0.5, 0.6) is 0 Å². The number of hydrogen-bond donors (Lipinski definition) is 1. The Hall–Kier alpha value is -1.22. The van der Waals surface area contributed by atoms with Crippen LogP contribution < -0.4 is 5.73 Å². The molecule has 0 aliphatic heterocycles. The Morgan fingerprint density at radius 3 is 2.75 bits per heavy atom. The number of alkyl halides is 4. The molecule has 0 spiro atoms. The van der Waals surface area contributed by atoms with Crippen molar-refractivity contribution in [3.05, 3.63) is 11.7 Å². The van der Waals surface area contributed by atoms with E-state index in [-0.39, 0.29) is 17.8 Å². The highest BCUT2D eigenvalue weighted by molar-refractivity contribution is 4.98. The summed E-state index contributed by atoms with van der Waals surface area (Å²) < 4.78 is 58.5. The van der Waals surface area contributed by atoms with Crippen LogP contribution >= 0.6 is 0 Å². The van der Waals surface area contributed by atoms with Gasteiger partial charge in [-0.25, -0.2) is 8.78 Å². The molecule has 1 aromatic heterocycles. The molecule has 1 aliphatic rings. The number of halogens is 4. The third-order valence-electron chi connectivity index (χ3n) is 3.15. The number of aromatic nitrogens is 2. The molecule has 1 aromatic rings. The molecule has 1 heterocycles. The van der Waals surface area contributed by atoms with Gasteiger partial charge in [0.1, 0.15) is 13.2 Å². The van der Waals surface area contributed by atoms with Crippen LogP contribution in [0.2, 0.25) is 0 Å². The molecule has 1 saturated carbocycles. The summed E-state index contributed by atoms with van der Waals surface area (Å²) in [4.78, 5) is 4.00. The minimum Gasteiger partial charge on any atom is -0.367 e. The third kappa shape index (κ3) is 3.66. The van der Waals surface area contributed by atoms with Crippen LogP contribution in [0.25, 0.3) is 0 Å². The van der Waals surface area contributed by atoms with Gasteiger partial charge in [-0.1, -0.05) is 5.16 Å². The molecule has 2 rings (SSSR count). The van der Waals surface area contributed by atoms with E-state index in [1.165, 1.54) is 0 Å². The molecule has 1 fully saturated rings. The van der Waals surface area contributed by atoms with Gasteiger partial charge in [0.2, 0.25) is 5.89 Å². The molecule has 1 aliphatic carbocycles. The van der Waals surface area contributed by atoms with Crippen LogP contribution in [0.1, 0.15) is 36.9 Å². The van der Waals surface area contributed by atoms with Crippen LogP contribution in [-0.2, 0) is 11.3 Å². The lowest BCUT2D eigenvalue weighted by Gasteiger charge is -2.14. The molecule has 0 unspecified atom stereocenters. The van der Waals surface area contributed by atoms with E-state index in [2.05, 4.69) is 14.9 Å². The highest BCUT2D eigenvalue weighted by atomic mass is 19.3. The van der Waals surface area contributed by atoms with E-state index in [9.17, 15) is 17.6 Å². The topological polar surface area (TPSA) is 74.2 Å². The smallest absolute Gasteiger partial charge is 0.330 e. The lowest BCUT2D eigenvalue weighted by atomic mass is 10.1. The van der Waals surface area contributed by atoms with E-state index in [1.807, 2.05) is 0 Å². The van der Waals surface area contributed by atoms with Crippen LogP contribution in [0.3, 0.4) is 0 Å². The van der Waals surface area contributed by atoms with E-state index in [0.29, 0.717) is 5.89 Å². The van der Waals surface area contributed by atoms with Gasteiger partial charge in [-0.2, -0.15) is 13.8 Å². The second-order valence-corrected chi connectivity index (χ2v) is 4.87. The third-order valence-corrected chi connectivity index (χ3v) is 3.15. The van der Waals surface area contributed by atoms with Gasteiger partial charge in [-0.15, -0.1) is 0 Å². The predicted molar refractivity (Wildman–Crippen MR) is 59.5 cm³/mol. The molecule has 0 aromatic carbocycles. The standard InChI is InChI=1S/C11H15F4N3O2/c12-10(13)11(14,15)5-19-4-8-17-9(20-18-8)6-1-2-7(16)3-6/h6-7,10H,1-5,16H2/t6-,7+/m1/s1. The zero-order chi connectivity index (χ0) is 14.8. The van der Waals surface area contributed by atoms with Crippen LogP contribution in [0.15, 0.2) is 4.52 Å². The minimum absolute atomic E-state index is 0.0607. The van der Waals surface area contributed by atoms with Crippen molar-refractivity contribution in [2.24, 2.45) is 5.73 Å². The quantitative estimate of drug-likeness (QED) is 0.814. The number of rotatable bonds is 6. The summed E-state index contributed by atoms with van der Waals surface area (Å²) in [6.07, 6.45) is -1.35. The monoisotopic (exact) mass is 297 g/mol. The summed E-state index contributed by atoms with van der Waals surface area (Å²) in [5, 5.41) is 3.57. The predicted octanol–water partition coefficient (Wildman–Crippen LogP) is 2.08. The van der Waals surface area contributed by atoms with E-state index in [1.54, 1.807) is 0 Å². The molecule has 9 heteroatoms. The van der Waals surface area contributed by atoms with E-state index >= 15 is 0 Å². The summed E-state index contributed by atoms with van der Waals surface area (Å²) in [7, 11) is 0. The van der Waals surface area contributed by atoms with Crippen molar-refractivity contribution in [2.45, 2.75) is 50.2 Å². The van der Waals surface area contributed by atoms with Gasteiger partial charge >= 0.3 is 12.3 Å². The SMILES string of the molecule is N[C@H]1CC[C@@H](c2nc(COCC(F)(F)C(F)F)no2)C1. The highest BCUT2D eigenvalue weighted by Gasteiger charge is 2.41. The largest absolute Gasteiger partial charge is 0.367 e. The minimum atomic E-state index is -4.18. The highest BCUT2D eigenvalue weighted by Crippen LogP contribution is 2.32. The Kier molecular flexibility index (Phi) is 4.59. The van der Waals surface area contributed by atoms with Gasteiger partial charge in [0.05, 0.1) is 0 Å². The maximum Gasteiger partial charge on any atom is 0.330 e. The molecule has 20 heavy (non-hydrogen) atoms. The van der Waals surface area contributed by atoms with Crippen molar-refractivity contribution in [2.75, 3.05) is 6.61 Å². The van der Waals surface area contributed by atoms with Gasteiger partial charge in [-0.3, -0.25) is 0 Å². The Bertz CT molecular complexity index is 441. The lowest BCUT2D eigenvalue weighted by Crippen LogP contribution is -2.32. The molecule has 2 atom stereocenters. The molecule has 2 N–H and O–H groups in total. The summed E-state index contributed by atoms with van der Waals surface area (Å²) in [5.74, 6) is -3.67. The maximum absolute atomic E-state index is 12.6. The van der Waals surface area contributed by atoms with Crippen molar-refractivity contribution in [3.8, 4) is 0 Å². The summed E-state index contributed by atoms with van der Waals surface area (Å²) in [5.41, 5.74) is 5.76.